The van der Waals surface area contributed by atoms with Crippen molar-refractivity contribution in [2.45, 2.75) is 26.4 Å². The summed E-state index contributed by atoms with van der Waals surface area (Å²) >= 11 is 0. The first kappa shape index (κ1) is 16.9. The van der Waals surface area contributed by atoms with Gasteiger partial charge in [0.15, 0.2) is 0 Å². The number of aliphatic imine (C=N–C) groups is 1. The molecule has 1 saturated heterocycles. The first-order chi connectivity index (χ1) is 10.7. The molecule has 1 aromatic rings. The van der Waals surface area contributed by atoms with Gasteiger partial charge in [-0.05, 0) is 39.0 Å². The Bertz CT molecular complexity index is 611. The lowest BCUT2D eigenvalue weighted by atomic mass is 9.96. The Morgan fingerprint density at radius 3 is 2.43 bits per heavy atom. The lowest BCUT2D eigenvalue weighted by molar-refractivity contribution is 0.00358. The van der Waals surface area contributed by atoms with Gasteiger partial charge in [-0.2, -0.15) is 0 Å². The van der Waals surface area contributed by atoms with Gasteiger partial charge in [0.25, 0.3) is 0 Å². The second-order valence-corrected chi connectivity index (χ2v) is 6.60. The van der Waals surface area contributed by atoms with E-state index in [9.17, 15) is 4.79 Å². The number of nitrogens with zero attached hydrogens (tertiary/aromatic N) is 2. The molecule has 6 nitrogen and oxygen atoms in total. The number of ether oxygens (including phenoxy) is 1. The number of nitrogens with two attached hydrogens (primary N) is 2. The molecule has 1 aromatic carbocycles. The van der Waals surface area contributed by atoms with Crippen LogP contribution in [0.5, 0.6) is 0 Å². The highest BCUT2D eigenvalue weighted by Crippen LogP contribution is 2.23. The summed E-state index contributed by atoms with van der Waals surface area (Å²) in [5.74, 6) is 0.441. The Kier molecular flexibility index (Phi) is 4.93. The number of para-hydroxylation sites is 1. The molecule has 6 heteroatoms. The standard InChI is InChI=1S/C17H24N4O2/c1-17(2,3)23-16(22)21-10-12(11-21)14(18)9-15(19)20-13-7-5-4-6-8-13/h4-9,12H,10-11,18H2,1-3H3,(H2,19,20). The molecule has 1 aliphatic heterocycles. The summed E-state index contributed by atoms with van der Waals surface area (Å²) < 4.78 is 5.31. The van der Waals surface area contributed by atoms with Gasteiger partial charge in [0.1, 0.15) is 11.4 Å². The summed E-state index contributed by atoms with van der Waals surface area (Å²) in [7, 11) is 0. The van der Waals surface area contributed by atoms with Crippen LogP contribution >= 0.6 is 0 Å². The number of amides is 1. The van der Waals surface area contributed by atoms with Crippen molar-refractivity contribution in [2.24, 2.45) is 22.4 Å². The first-order valence-corrected chi connectivity index (χ1v) is 7.59. The summed E-state index contributed by atoms with van der Waals surface area (Å²) in [6.07, 6.45) is 1.34. The maximum atomic E-state index is 11.9. The number of hydrogen-bond acceptors (Lipinski definition) is 4. The van der Waals surface area contributed by atoms with Gasteiger partial charge in [-0.25, -0.2) is 9.79 Å². The van der Waals surface area contributed by atoms with Crippen molar-refractivity contribution < 1.29 is 9.53 Å². The second kappa shape index (κ2) is 6.73. The zero-order valence-corrected chi connectivity index (χ0v) is 13.8. The first-order valence-electron chi connectivity index (χ1n) is 7.59. The minimum atomic E-state index is -0.490. The van der Waals surface area contributed by atoms with Crippen LogP contribution in [0.25, 0.3) is 0 Å². The molecule has 0 aromatic heterocycles. The van der Waals surface area contributed by atoms with Crippen molar-refractivity contribution in [3.05, 3.63) is 42.1 Å². The molecular weight excluding hydrogens is 292 g/mol. The van der Waals surface area contributed by atoms with Crippen LogP contribution in [0, 0.1) is 5.92 Å². The molecule has 0 saturated carbocycles. The molecule has 2 rings (SSSR count). The maximum Gasteiger partial charge on any atom is 0.410 e. The Balaban J connectivity index is 1.89. The zero-order chi connectivity index (χ0) is 17.0. The van der Waals surface area contributed by atoms with Gasteiger partial charge in [-0.15, -0.1) is 0 Å². The van der Waals surface area contributed by atoms with E-state index >= 15 is 0 Å². The summed E-state index contributed by atoms with van der Waals surface area (Å²) in [5, 5.41) is 0. The lowest BCUT2D eigenvalue weighted by Crippen LogP contribution is -2.53. The summed E-state index contributed by atoms with van der Waals surface area (Å²) in [5.41, 5.74) is 12.8. The third-order valence-electron chi connectivity index (χ3n) is 3.33. The lowest BCUT2D eigenvalue weighted by Gasteiger charge is -2.39. The molecule has 0 unspecified atom stereocenters. The van der Waals surface area contributed by atoms with E-state index in [4.69, 9.17) is 16.2 Å². The monoisotopic (exact) mass is 316 g/mol. The molecule has 124 valence electrons. The fourth-order valence-corrected chi connectivity index (χ4v) is 2.14. The van der Waals surface area contributed by atoms with Crippen LogP contribution in [0.4, 0.5) is 10.5 Å². The molecule has 0 radical (unpaired) electrons. The van der Waals surface area contributed by atoms with E-state index in [1.54, 1.807) is 11.0 Å². The second-order valence-electron chi connectivity index (χ2n) is 6.60. The third kappa shape index (κ3) is 5.02. The van der Waals surface area contributed by atoms with E-state index in [0.29, 0.717) is 24.6 Å². The van der Waals surface area contributed by atoms with Crippen LogP contribution < -0.4 is 11.5 Å². The topological polar surface area (TPSA) is 93.9 Å². The smallest absolute Gasteiger partial charge is 0.410 e. The van der Waals surface area contributed by atoms with Gasteiger partial charge in [-0.1, -0.05) is 18.2 Å². The highest BCUT2D eigenvalue weighted by Gasteiger charge is 2.34. The molecular formula is C17H24N4O2. The fraction of sp³-hybridized carbons (Fsp3) is 0.412. The molecule has 1 aliphatic rings. The summed E-state index contributed by atoms with van der Waals surface area (Å²) in [6.45, 7) is 6.61. The van der Waals surface area contributed by atoms with Crippen LogP contribution in [0.3, 0.4) is 0 Å². The molecule has 23 heavy (non-hydrogen) atoms. The molecule has 4 N–H and O–H groups in total. The molecule has 0 spiro atoms. The van der Waals surface area contributed by atoms with Crippen molar-refractivity contribution in [2.75, 3.05) is 13.1 Å². The van der Waals surface area contributed by atoms with Crippen molar-refractivity contribution >= 4 is 17.6 Å². The quantitative estimate of drug-likeness (QED) is 0.661. The number of benzene rings is 1. The van der Waals surface area contributed by atoms with E-state index in [1.165, 1.54) is 0 Å². The van der Waals surface area contributed by atoms with E-state index in [1.807, 2.05) is 51.1 Å². The van der Waals surface area contributed by atoms with Gasteiger partial charge in [-0.3, -0.25) is 0 Å². The van der Waals surface area contributed by atoms with Gasteiger partial charge >= 0.3 is 6.09 Å². The minimum absolute atomic E-state index is 0.0899. The Hall–Kier alpha value is -2.50. The van der Waals surface area contributed by atoms with Crippen molar-refractivity contribution in [3.8, 4) is 0 Å². The number of hydrogen-bond donors (Lipinski definition) is 2. The number of rotatable bonds is 3. The normalized spacial score (nSPS) is 16.9. The molecule has 0 aliphatic carbocycles. The van der Waals surface area contributed by atoms with E-state index in [0.717, 1.165) is 5.69 Å². The van der Waals surface area contributed by atoms with Crippen molar-refractivity contribution in [1.82, 2.24) is 4.90 Å². The fourth-order valence-electron chi connectivity index (χ4n) is 2.14. The number of likely N-dealkylation sites (tertiary alicyclic amines) is 1. The Morgan fingerprint density at radius 1 is 1.26 bits per heavy atom. The summed E-state index contributed by atoms with van der Waals surface area (Å²) in [4.78, 5) is 17.8. The van der Waals surface area contributed by atoms with Gasteiger partial charge in [0.2, 0.25) is 0 Å². The minimum Gasteiger partial charge on any atom is -0.444 e. The maximum absolute atomic E-state index is 11.9. The number of amidine groups is 1. The molecule has 0 atom stereocenters. The zero-order valence-electron chi connectivity index (χ0n) is 13.8. The largest absolute Gasteiger partial charge is 0.444 e. The van der Waals surface area contributed by atoms with E-state index < -0.39 is 5.60 Å². The van der Waals surface area contributed by atoms with E-state index in [2.05, 4.69) is 4.99 Å². The van der Waals surface area contributed by atoms with Crippen molar-refractivity contribution in [3.63, 3.8) is 0 Å². The summed E-state index contributed by atoms with van der Waals surface area (Å²) in [6, 6.07) is 9.43. The molecule has 1 fully saturated rings. The average Bonchev–Trinajstić information content (AvgIpc) is 2.35. The number of carbonyl (C=O) groups is 1. The predicted molar refractivity (Wildman–Crippen MR) is 91.3 cm³/mol. The SMILES string of the molecule is CC(C)(C)OC(=O)N1CC(C(N)=CC(N)=Nc2ccccc2)C1. The Labute approximate surface area is 136 Å². The predicted octanol–water partition coefficient (Wildman–Crippen LogP) is 2.38. The molecule has 1 heterocycles. The van der Waals surface area contributed by atoms with Gasteiger partial charge < -0.3 is 21.1 Å². The van der Waals surface area contributed by atoms with Crippen molar-refractivity contribution in [1.29, 1.82) is 0 Å². The Morgan fingerprint density at radius 2 is 1.87 bits per heavy atom. The van der Waals surface area contributed by atoms with E-state index in [-0.39, 0.29) is 12.0 Å². The van der Waals surface area contributed by atoms with Gasteiger partial charge in [0.05, 0.1) is 5.69 Å². The third-order valence-corrected chi connectivity index (χ3v) is 3.33. The van der Waals surface area contributed by atoms with Crippen LogP contribution in [0.1, 0.15) is 20.8 Å². The average molecular weight is 316 g/mol. The highest BCUT2D eigenvalue weighted by molar-refractivity contribution is 5.93. The van der Waals surface area contributed by atoms with Crippen LogP contribution in [-0.4, -0.2) is 35.5 Å². The highest BCUT2D eigenvalue weighted by atomic mass is 16.6. The van der Waals surface area contributed by atoms with Crippen LogP contribution in [0.2, 0.25) is 0 Å². The van der Waals surface area contributed by atoms with Crippen LogP contribution in [0.15, 0.2) is 47.1 Å². The van der Waals surface area contributed by atoms with Gasteiger partial charge in [0, 0.05) is 24.7 Å². The van der Waals surface area contributed by atoms with Crippen LogP contribution in [-0.2, 0) is 4.74 Å². The number of carbonyl (C=O) groups excluding carboxylic acids is 1. The molecule has 0 bridgehead atoms. The molecule has 1 amide bonds.